The van der Waals surface area contributed by atoms with Crippen molar-refractivity contribution in [3.8, 4) is 0 Å². The van der Waals surface area contributed by atoms with Gasteiger partial charge in [0.25, 0.3) is 0 Å². The molecule has 12 heteroatoms. The molecule has 0 aliphatic carbocycles. The van der Waals surface area contributed by atoms with Crippen LogP contribution in [0.25, 0.3) is 0 Å². The van der Waals surface area contributed by atoms with Crippen LogP contribution in [0.1, 0.15) is 27.2 Å². The van der Waals surface area contributed by atoms with E-state index in [0.717, 1.165) is 0 Å². The molecule has 0 amide bonds. The highest BCUT2D eigenvalue weighted by Gasteiger charge is 2.29. The number of aliphatic hydroxyl groups excluding tert-OH is 2. The highest BCUT2D eigenvalue weighted by molar-refractivity contribution is 5.90. The number of ether oxygens (including phenoxy) is 5. The predicted octanol–water partition coefficient (Wildman–Crippen LogP) is -1.25. The van der Waals surface area contributed by atoms with E-state index >= 15 is 0 Å². The molecule has 0 bridgehead atoms. The van der Waals surface area contributed by atoms with Crippen LogP contribution in [-0.2, 0) is 38.1 Å². The van der Waals surface area contributed by atoms with E-state index in [-0.39, 0.29) is 32.1 Å². The predicted molar refractivity (Wildman–Crippen MR) is 111 cm³/mol. The Morgan fingerprint density at radius 1 is 0.781 bits per heavy atom. The Morgan fingerprint density at radius 3 is 1.72 bits per heavy atom. The number of nitrogens with one attached hydrogen (secondary N) is 1. The summed E-state index contributed by atoms with van der Waals surface area (Å²) in [6.07, 6.45) is -3.92. The van der Waals surface area contributed by atoms with Gasteiger partial charge in [0.1, 0.15) is 5.60 Å². The quantitative estimate of drug-likeness (QED) is 0.124. The SMILES string of the molecule is CC(C)(C)OC(=O)CCOCCOCCOCCOCCNCC(=O)C(O)C(O)C(=O)O. The number of hydrogen-bond donors (Lipinski definition) is 4. The first-order chi connectivity index (χ1) is 15.0. The maximum absolute atomic E-state index is 11.5. The van der Waals surface area contributed by atoms with Gasteiger partial charge >= 0.3 is 11.9 Å². The first-order valence-electron chi connectivity index (χ1n) is 10.4. The second-order valence-electron chi connectivity index (χ2n) is 7.66. The third kappa shape index (κ3) is 18.0. The van der Waals surface area contributed by atoms with Crippen molar-refractivity contribution < 1.29 is 53.4 Å². The number of hydrogen-bond acceptors (Lipinski definition) is 11. The molecule has 0 fully saturated rings. The lowest BCUT2D eigenvalue weighted by atomic mass is 10.1. The summed E-state index contributed by atoms with van der Waals surface area (Å²) in [4.78, 5) is 33.4. The Kier molecular flexibility index (Phi) is 16.9. The lowest BCUT2D eigenvalue weighted by Gasteiger charge is -2.19. The zero-order valence-electron chi connectivity index (χ0n) is 19.0. The van der Waals surface area contributed by atoms with E-state index in [0.29, 0.717) is 46.2 Å². The smallest absolute Gasteiger partial charge is 0.335 e. The first kappa shape index (κ1) is 30.3. The van der Waals surface area contributed by atoms with E-state index in [1.54, 1.807) is 0 Å². The van der Waals surface area contributed by atoms with E-state index in [4.69, 9.17) is 33.9 Å². The number of esters is 1. The van der Waals surface area contributed by atoms with Crippen LogP contribution < -0.4 is 5.32 Å². The van der Waals surface area contributed by atoms with E-state index in [1.807, 2.05) is 20.8 Å². The van der Waals surface area contributed by atoms with Crippen molar-refractivity contribution >= 4 is 17.7 Å². The van der Waals surface area contributed by atoms with Crippen LogP contribution in [-0.4, -0.2) is 117 Å². The van der Waals surface area contributed by atoms with Crippen LogP contribution in [0.5, 0.6) is 0 Å². The molecule has 32 heavy (non-hydrogen) atoms. The highest BCUT2D eigenvalue weighted by Crippen LogP contribution is 2.08. The van der Waals surface area contributed by atoms with Crippen molar-refractivity contribution in [3.63, 3.8) is 0 Å². The minimum absolute atomic E-state index is 0.196. The van der Waals surface area contributed by atoms with Gasteiger partial charge in [0.05, 0.1) is 65.8 Å². The second-order valence-corrected chi connectivity index (χ2v) is 7.66. The summed E-state index contributed by atoms with van der Waals surface area (Å²) in [7, 11) is 0. The number of rotatable bonds is 20. The zero-order chi connectivity index (χ0) is 24.4. The highest BCUT2D eigenvalue weighted by atomic mass is 16.6. The Hall–Kier alpha value is -1.67. The molecule has 0 spiro atoms. The summed E-state index contributed by atoms with van der Waals surface area (Å²) in [5.41, 5.74) is -0.497. The van der Waals surface area contributed by atoms with E-state index in [1.165, 1.54) is 0 Å². The van der Waals surface area contributed by atoms with Gasteiger partial charge in [0, 0.05) is 6.54 Å². The van der Waals surface area contributed by atoms with Crippen LogP contribution >= 0.6 is 0 Å². The zero-order valence-corrected chi connectivity index (χ0v) is 19.0. The molecule has 0 aromatic heterocycles. The van der Waals surface area contributed by atoms with Crippen molar-refractivity contribution in [2.45, 2.75) is 45.0 Å². The molecule has 0 radical (unpaired) electrons. The Labute approximate surface area is 188 Å². The number of ketones is 1. The molecule has 4 N–H and O–H groups in total. The van der Waals surface area contributed by atoms with E-state index in [9.17, 15) is 19.5 Å². The molecule has 0 heterocycles. The van der Waals surface area contributed by atoms with Crippen molar-refractivity contribution in [3.05, 3.63) is 0 Å². The van der Waals surface area contributed by atoms with E-state index in [2.05, 4.69) is 5.32 Å². The molecule has 0 aliphatic rings. The van der Waals surface area contributed by atoms with Crippen LogP contribution in [0, 0.1) is 0 Å². The monoisotopic (exact) mass is 467 g/mol. The molecule has 12 nitrogen and oxygen atoms in total. The Balaban J connectivity index is 3.36. The van der Waals surface area contributed by atoms with Gasteiger partial charge in [-0.3, -0.25) is 9.59 Å². The van der Waals surface area contributed by atoms with Crippen molar-refractivity contribution in [1.29, 1.82) is 0 Å². The number of carbonyl (C=O) groups excluding carboxylic acids is 2. The maximum atomic E-state index is 11.5. The maximum Gasteiger partial charge on any atom is 0.335 e. The molecule has 0 aromatic rings. The summed E-state index contributed by atoms with van der Waals surface area (Å²) in [5, 5.41) is 29.6. The normalized spacial score (nSPS) is 13.5. The average molecular weight is 468 g/mol. The second kappa shape index (κ2) is 17.8. The van der Waals surface area contributed by atoms with Crippen LogP contribution in [0.15, 0.2) is 0 Å². The van der Waals surface area contributed by atoms with Crippen molar-refractivity contribution in [2.24, 2.45) is 0 Å². The van der Waals surface area contributed by atoms with Gasteiger partial charge in [0.2, 0.25) is 0 Å². The summed E-state index contributed by atoms with van der Waals surface area (Å²) in [5.74, 6) is -2.78. The van der Waals surface area contributed by atoms with Gasteiger partial charge in [-0.15, -0.1) is 0 Å². The molecule has 0 saturated carbocycles. The number of carboxylic acid groups (broad SMARTS) is 1. The van der Waals surface area contributed by atoms with Crippen molar-refractivity contribution in [1.82, 2.24) is 5.32 Å². The van der Waals surface area contributed by atoms with Gasteiger partial charge in [0.15, 0.2) is 18.0 Å². The molecular formula is C20H37NO11. The molecule has 0 rings (SSSR count). The van der Waals surface area contributed by atoms with Gasteiger partial charge in [-0.25, -0.2) is 4.79 Å². The average Bonchev–Trinajstić information content (AvgIpc) is 2.70. The minimum atomic E-state index is -2.14. The molecule has 0 aromatic carbocycles. The van der Waals surface area contributed by atoms with Gasteiger partial charge in [-0.1, -0.05) is 0 Å². The fourth-order valence-electron chi connectivity index (χ4n) is 2.08. The van der Waals surface area contributed by atoms with Crippen LogP contribution in [0.4, 0.5) is 0 Å². The molecule has 0 aliphatic heterocycles. The summed E-state index contributed by atoms with van der Waals surface area (Å²) >= 11 is 0. The summed E-state index contributed by atoms with van der Waals surface area (Å²) in [6.45, 7) is 8.24. The standard InChI is InChI=1S/C20H37NO11/c1-20(2,3)32-16(23)4-6-28-8-10-30-12-13-31-11-9-29-7-5-21-14-15(22)17(24)18(25)19(26)27/h17-18,21,24-25H,4-14H2,1-3H3,(H,26,27). The number of carbonyl (C=O) groups is 3. The van der Waals surface area contributed by atoms with Gasteiger partial charge in [-0.2, -0.15) is 0 Å². The molecule has 2 unspecified atom stereocenters. The Morgan fingerprint density at radius 2 is 1.25 bits per heavy atom. The number of aliphatic carboxylic acids is 1. The van der Waals surface area contributed by atoms with E-state index < -0.39 is 29.6 Å². The van der Waals surface area contributed by atoms with Gasteiger partial charge in [-0.05, 0) is 20.8 Å². The fourth-order valence-corrected chi connectivity index (χ4v) is 2.08. The Bertz CT molecular complexity index is 536. The lowest BCUT2D eigenvalue weighted by Crippen LogP contribution is -2.43. The van der Waals surface area contributed by atoms with Crippen LogP contribution in [0.3, 0.4) is 0 Å². The number of carboxylic acids is 1. The summed E-state index contributed by atoms with van der Waals surface area (Å²) < 4.78 is 26.4. The van der Waals surface area contributed by atoms with Gasteiger partial charge < -0.3 is 44.3 Å². The third-order valence-electron chi connectivity index (χ3n) is 3.59. The first-order valence-corrected chi connectivity index (χ1v) is 10.4. The summed E-state index contributed by atoms with van der Waals surface area (Å²) in [6, 6.07) is 0. The number of aliphatic hydroxyl groups is 2. The third-order valence-corrected chi connectivity index (χ3v) is 3.59. The lowest BCUT2D eigenvalue weighted by molar-refractivity contribution is -0.157. The fraction of sp³-hybridized carbons (Fsp3) is 0.850. The minimum Gasteiger partial charge on any atom is -0.479 e. The van der Waals surface area contributed by atoms with Crippen LogP contribution in [0.2, 0.25) is 0 Å². The molecular weight excluding hydrogens is 430 g/mol. The van der Waals surface area contributed by atoms with Crippen molar-refractivity contribution in [2.75, 3.05) is 65.9 Å². The molecule has 2 atom stereocenters. The molecule has 188 valence electrons. The molecule has 0 saturated heterocycles. The number of Topliss-reactive ketones (excluding diaryl/α,β-unsaturated/α-hetero) is 1. The largest absolute Gasteiger partial charge is 0.479 e. The topological polar surface area (TPSA) is 170 Å².